The summed E-state index contributed by atoms with van der Waals surface area (Å²) in [6, 6.07) is 0.699. The van der Waals surface area contributed by atoms with Crippen molar-refractivity contribution in [3.05, 3.63) is 12.7 Å². The van der Waals surface area contributed by atoms with Gasteiger partial charge in [-0.2, -0.15) is 0 Å². The molecule has 0 spiro atoms. The van der Waals surface area contributed by atoms with E-state index in [-0.39, 0.29) is 6.04 Å². The highest BCUT2D eigenvalue weighted by atomic mass is 16.1. The highest BCUT2D eigenvalue weighted by molar-refractivity contribution is 5.90. The quantitative estimate of drug-likeness (QED) is 0.779. The molecule has 2 aliphatic rings. The molecule has 2 fully saturated rings. The van der Waals surface area contributed by atoms with Gasteiger partial charge >= 0.3 is 0 Å². The van der Waals surface area contributed by atoms with Gasteiger partial charge in [-0.1, -0.05) is 0 Å². The van der Waals surface area contributed by atoms with E-state index < -0.39 is 0 Å². The second-order valence-corrected chi connectivity index (χ2v) is 5.84. The van der Waals surface area contributed by atoms with E-state index in [0.29, 0.717) is 11.9 Å². The summed E-state index contributed by atoms with van der Waals surface area (Å²) in [5.41, 5.74) is 1.57. The van der Waals surface area contributed by atoms with Crippen LogP contribution in [0.25, 0.3) is 11.2 Å². The van der Waals surface area contributed by atoms with E-state index in [0.717, 1.165) is 36.3 Å². The number of aromatic nitrogens is 4. The number of nitrogens with zero attached hydrogens (tertiary/aromatic N) is 5. The molecule has 2 heterocycles. The predicted molar refractivity (Wildman–Crippen MR) is 74.3 cm³/mol. The Morgan fingerprint density at radius 1 is 1.30 bits per heavy atom. The maximum absolute atomic E-state index is 11.3. The maximum atomic E-state index is 11.3. The first-order valence-electron chi connectivity index (χ1n) is 7.20. The number of carbonyl (C=O) groups is 1. The van der Waals surface area contributed by atoms with Gasteiger partial charge in [0.2, 0.25) is 6.41 Å². The number of fused-ring (bicyclic) bond motifs is 1. The minimum absolute atomic E-state index is 0.289. The predicted octanol–water partition coefficient (Wildman–Crippen LogP) is 1.92. The molecule has 1 amide bonds. The monoisotopic (exact) mass is 271 g/mol. The Labute approximate surface area is 116 Å². The van der Waals surface area contributed by atoms with Crippen LogP contribution < -0.4 is 4.90 Å². The van der Waals surface area contributed by atoms with Gasteiger partial charge < -0.3 is 4.57 Å². The van der Waals surface area contributed by atoms with Crippen molar-refractivity contribution in [3.8, 4) is 0 Å². The number of amides is 1. The molecule has 2 saturated carbocycles. The van der Waals surface area contributed by atoms with Crippen LogP contribution in [0.4, 0.5) is 5.82 Å². The molecule has 0 N–H and O–H groups in total. The minimum Gasteiger partial charge on any atom is -0.312 e. The Hall–Kier alpha value is -1.98. The Balaban J connectivity index is 1.80. The van der Waals surface area contributed by atoms with Crippen molar-refractivity contribution in [2.45, 2.75) is 44.7 Å². The molecule has 0 saturated heterocycles. The first kappa shape index (κ1) is 11.8. The summed E-state index contributed by atoms with van der Waals surface area (Å²) in [5, 5.41) is 0. The fourth-order valence-electron chi connectivity index (χ4n) is 2.79. The fourth-order valence-corrected chi connectivity index (χ4v) is 2.79. The topological polar surface area (TPSA) is 63.9 Å². The average molecular weight is 271 g/mol. The summed E-state index contributed by atoms with van der Waals surface area (Å²) in [5.74, 6) is 1.38. The lowest BCUT2D eigenvalue weighted by molar-refractivity contribution is -0.107. The molecule has 104 valence electrons. The van der Waals surface area contributed by atoms with Crippen LogP contribution >= 0.6 is 0 Å². The number of carbonyl (C=O) groups excluding carboxylic acids is 1. The Kier molecular flexibility index (Phi) is 2.52. The largest absolute Gasteiger partial charge is 0.312 e. The molecular formula is C14H17N5O. The van der Waals surface area contributed by atoms with Gasteiger partial charge in [-0.25, -0.2) is 15.0 Å². The van der Waals surface area contributed by atoms with Crippen LogP contribution in [0, 0.1) is 5.92 Å². The molecule has 6 nitrogen and oxygen atoms in total. The van der Waals surface area contributed by atoms with E-state index in [1.165, 1.54) is 19.2 Å². The van der Waals surface area contributed by atoms with Gasteiger partial charge in [-0.05, 0) is 38.5 Å². The van der Waals surface area contributed by atoms with E-state index in [2.05, 4.69) is 26.4 Å². The Morgan fingerprint density at radius 3 is 2.75 bits per heavy atom. The third-order valence-corrected chi connectivity index (χ3v) is 4.38. The Bertz CT molecular complexity index is 659. The van der Waals surface area contributed by atoms with Gasteiger partial charge in [0.05, 0.1) is 6.33 Å². The van der Waals surface area contributed by atoms with Gasteiger partial charge in [0.1, 0.15) is 6.33 Å². The highest BCUT2D eigenvalue weighted by Gasteiger charge is 2.33. The van der Waals surface area contributed by atoms with Crippen molar-refractivity contribution >= 4 is 23.4 Å². The zero-order valence-corrected chi connectivity index (χ0v) is 11.4. The molecule has 0 aliphatic heterocycles. The zero-order valence-electron chi connectivity index (χ0n) is 11.4. The second-order valence-electron chi connectivity index (χ2n) is 5.84. The first-order chi connectivity index (χ1) is 9.79. The van der Waals surface area contributed by atoms with Gasteiger partial charge in [0, 0.05) is 12.1 Å². The van der Waals surface area contributed by atoms with Gasteiger partial charge in [-0.15, -0.1) is 0 Å². The van der Waals surface area contributed by atoms with Gasteiger partial charge in [0.15, 0.2) is 17.0 Å². The molecule has 2 aromatic rings. The van der Waals surface area contributed by atoms with Gasteiger partial charge in [0.25, 0.3) is 0 Å². The van der Waals surface area contributed by atoms with Crippen LogP contribution in [-0.2, 0) is 4.79 Å². The van der Waals surface area contributed by atoms with E-state index in [9.17, 15) is 4.79 Å². The molecule has 4 rings (SSSR count). The molecule has 6 heteroatoms. The lowest BCUT2D eigenvalue weighted by Crippen LogP contribution is -2.25. The molecule has 2 aromatic heterocycles. The van der Waals surface area contributed by atoms with E-state index >= 15 is 0 Å². The number of imidazole rings is 1. The SMILES string of the molecule is CC(C1CC1)n1cnc2c(N(C=O)C3CC3)ncnc21. The van der Waals surface area contributed by atoms with E-state index in [1.807, 2.05) is 6.33 Å². The van der Waals surface area contributed by atoms with Crippen LogP contribution in [0.5, 0.6) is 0 Å². The summed E-state index contributed by atoms with van der Waals surface area (Å²) in [6.45, 7) is 2.21. The van der Waals surface area contributed by atoms with Crippen molar-refractivity contribution in [2.24, 2.45) is 5.92 Å². The lowest BCUT2D eigenvalue weighted by Gasteiger charge is -2.16. The maximum Gasteiger partial charge on any atom is 0.215 e. The van der Waals surface area contributed by atoms with Crippen LogP contribution in [0.3, 0.4) is 0 Å². The molecule has 1 unspecified atom stereocenters. The van der Waals surface area contributed by atoms with Crippen molar-refractivity contribution in [3.63, 3.8) is 0 Å². The third-order valence-electron chi connectivity index (χ3n) is 4.38. The molecule has 1 atom stereocenters. The average Bonchev–Trinajstić information content (AvgIpc) is 3.36. The number of hydrogen-bond donors (Lipinski definition) is 0. The number of hydrogen-bond acceptors (Lipinski definition) is 4. The summed E-state index contributed by atoms with van der Waals surface area (Å²) in [7, 11) is 0. The van der Waals surface area contributed by atoms with Crippen LogP contribution in [0.15, 0.2) is 12.7 Å². The summed E-state index contributed by atoms with van der Waals surface area (Å²) >= 11 is 0. The minimum atomic E-state index is 0.289. The van der Waals surface area contributed by atoms with Crippen molar-refractivity contribution < 1.29 is 4.79 Å². The second kappa shape index (κ2) is 4.26. The number of anilines is 1. The number of rotatable bonds is 5. The van der Waals surface area contributed by atoms with Crippen molar-refractivity contribution in [2.75, 3.05) is 4.90 Å². The van der Waals surface area contributed by atoms with E-state index in [1.54, 1.807) is 4.90 Å². The normalized spacial score (nSPS) is 20.1. The Morgan fingerprint density at radius 2 is 2.10 bits per heavy atom. The molecule has 20 heavy (non-hydrogen) atoms. The van der Waals surface area contributed by atoms with Crippen LogP contribution in [0.2, 0.25) is 0 Å². The smallest absolute Gasteiger partial charge is 0.215 e. The zero-order chi connectivity index (χ0) is 13.7. The highest BCUT2D eigenvalue weighted by Crippen LogP contribution is 2.41. The lowest BCUT2D eigenvalue weighted by atomic mass is 10.2. The van der Waals surface area contributed by atoms with E-state index in [4.69, 9.17) is 0 Å². The summed E-state index contributed by atoms with van der Waals surface area (Å²) < 4.78 is 2.12. The van der Waals surface area contributed by atoms with Crippen LogP contribution in [-0.4, -0.2) is 32.0 Å². The van der Waals surface area contributed by atoms with Crippen molar-refractivity contribution in [1.29, 1.82) is 0 Å². The first-order valence-corrected chi connectivity index (χ1v) is 7.20. The van der Waals surface area contributed by atoms with Gasteiger partial charge in [-0.3, -0.25) is 9.69 Å². The fraction of sp³-hybridized carbons (Fsp3) is 0.571. The summed E-state index contributed by atoms with van der Waals surface area (Å²) in [4.78, 5) is 26.1. The standard InChI is InChI=1S/C14H17N5O/c1-9(10-2-3-10)18-7-17-12-13(18)15-6-16-14(12)19(8-20)11-4-5-11/h6-11H,2-5H2,1H3. The molecular weight excluding hydrogens is 254 g/mol. The van der Waals surface area contributed by atoms with Crippen molar-refractivity contribution in [1.82, 2.24) is 19.5 Å². The van der Waals surface area contributed by atoms with Crippen LogP contribution in [0.1, 0.15) is 38.6 Å². The molecule has 0 aromatic carbocycles. The summed E-state index contributed by atoms with van der Waals surface area (Å²) in [6.07, 6.45) is 8.88. The molecule has 0 bridgehead atoms. The molecule has 2 aliphatic carbocycles. The molecule has 0 radical (unpaired) electrons. The third kappa shape index (κ3) is 1.78.